The summed E-state index contributed by atoms with van der Waals surface area (Å²) in [5.41, 5.74) is 0.288. The van der Waals surface area contributed by atoms with Crippen LogP contribution in [0.25, 0.3) is 5.65 Å². The maximum Gasteiger partial charge on any atom is 0.341 e. The van der Waals surface area contributed by atoms with Crippen LogP contribution in [0.3, 0.4) is 0 Å². The molecule has 0 unspecified atom stereocenters. The number of thiophene rings is 1. The number of alkyl halides is 2. The topological polar surface area (TPSA) is 103 Å². The quantitative estimate of drug-likeness (QED) is 0.463. The Morgan fingerprint density at radius 1 is 1.30 bits per heavy atom. The fourth-order valence-corrected chi connectivity index (χ4v) is 4.07. The number of hydrogen-bond donors (Lipinski definition) is 1. The number of ether oxygens (including phenoxy) is 1. The second-order valence-electron chi connectivity index (χ2n) is 6.41. The number of carbonyl (C=O) groups is 3. The summed E-state index contributed by atoms with van der Waals surface area (Å²) < 4.78 is 32.5. The summed E-state index contributed by atoms with van der Waals surface area (Å²) in [6.07, 6.45) is -1.68. The Balaban J connectivity index is 2.06. The largest absolute Gasteiger partial charge is 0.462 e. The molecule has 1 N–H and O–H groups in total. The molecule has 30 heavy (non-hydrogen) atoms. The van der Waals surface area contributed by atoms with E-state index in [4.69, 9.17) is 4.74 Å². The summed E-state index contributed by atoms with van der Waals surface area (Å²) in [5, 5.41) is 6.55. The first-order valence-corrected chi connectivity index (χ1v) is 9.73. The number of aryl methyl sites for hydroxylation is 1. The zero-order valence-corrected chi connectivity index (χ0v) is 17.4. The molecule has 0 saturated carbocycles. The molecule has 0 fully saturated rings. The lowest BCUT2D eigenvalue weighted by Gasteiger charge is -2.07. The highest BCUT2D eigenvalue weighted by Crippen LogP contribution is 2.34. The van der Waals surface area contributed by atoms with Crippen LogP contribution in [-0.4, -0.2) is 38.9 Å². The summed E-state index contributed by atoms with van der Waals surface area (Å²) in [4.78, 5) is 41.6. The van der Waals surface area contributed by atoms with E-state index >= 15 is 0 Å². The molecule has 0 aromatic carbocycles. The minimum absolute atomic E-state index is 0.0412. The lowest BCUT2D eigenvalue weighted by atomic mass is 10.1. The molecule has 158 valence electrons. The van der Waals surface area contributed by atoms with Crippen molar-refractivity contribution in [3.05, 3.63) is 45.2 Å². The molecule has 0 spiro atoms. The van der Waals surface area contributed by atoms with E-state index in [-0.39, 0.29) is 34.2 Å². The Kier molecular flexibility index (Phi) is 5.92. The maximum atomic E-state index is 13.3. The molecule has 3 heterocycles. The van der Waals surface area contributed by atoms with E-state index in [1.807, 2.05) is 0 Å². The number of amides is 1. The number of ketones is 1. The second-order valence-corrected chi connectivity index (χ2v) is 7.43. The van der Waals surface area contributed by atoms with E-state index in [1.54, 1.807) is 13.8 Å². The lowest BCUT2D eigenvalue weighted by molar-refractivity contribution is 0.0527. The SMILES string of the molecule is CCOC(=O)c1c(NC(=O)c2cnn3c(C(F)F)cc(C)nc23)sc(C(C)=O)c1C. The Bertz CT molecular complexity index is 1170. The van der Waals surface area contributed by atoms with Gasteiger partial charge in [-0.1, -0.05) is 0 Å². The van der Waals surface area contributed by atoms with Crippen molar-refractivity contribution < 1.29 is 27.9 Å². The predicted octanol–water partition coefficient (Wildman–Crippen LogP) is 3.98. The zero-order valence-electron chi connectivity index (χ0n) is 16.6. The molecule has 3 rings (SSSR count). The van der Waals surface area contributed by atoms with E-state index in [9.17, 15) is 23.2 Å². The molecule has 0 atom stereocenters. The van der Waals surface area contributed by atoms with Crippen molar-refractivity contribution in [2.24, 2.45) is 0 Å². The normalized spacial score (nSPS) is 11.2. The Morgan fingerprint density at radius 2 is 2.00 bits per heavy atom. The van der Waals surface area contributed by atoms with Gasteiger partial charge in [-0.3, -0.25) is 9.59 Å². The van der Waals surface area contributed by atoms with Gasteiger partial charge in [0.2, 0.25) is 0 Å². The standard InChI is InChI=1S/C19H18F2N4O4S/c1-5-29-19(28)13-9(3)14(10(4)26)30-18(13)24-17(27)11-7-22-25-12(15(20)21)6-8(2)23-16(11)25/h6-7,15H,5H2,1-4H3,(H,24,27). The minimum atomic E-state index is -2.81. The third kappa shape index (κ3) is 3.80. The number of anilines is 1. The highest BCUT2D eigenvalue weighted by Gasteiger charge is 2.27. The van der Waals surface area contributed by atoms with Crippen molar-refractivity contribution in [2.45, 2.75) is 34.1 Å². The third-order valence-electron chi connectivity index (χ3n) is 4.27. The molecule has 0 saturated heterocycles. The van der Waals surface area contributed by atoms with Crippen LogP contribution < -0.4 is 5.32 Å². The minimum Gasteiger partial charge on any atom is -0.462 e. The summed E-state index contributed by atoms with van der Waals surface area (Å²) in [6.45, 7) is 6.22. The molecule has 0 aliphatic rings. The summed E-state index contributed by atoms with van der Waals surface area (Å²) in [6, 6.07) is 1.19. The van der Waals surface area contributed by atoms with Crippen molar-refractivity contribution in [2.75, 3.05) is 11.9 Å². The fourth-order valence-electron chi connectivity index (χ4n) is 2.99. The van der Waals surface area contributed by atoms with Crippen LogP contribution in [0, 0.1) is 13.8 Å². The van der Waals surface area contributed by atoms with Gasteiger partial charge >= 0.3 is 5.97 Å². The summed E-state index contributed by atoms with van der Waals surface area (Å²) >= 11 is 0.941. The van der Waals surface area contributed by atoms with Gasteiger partial charge in [0, 0.05) is 5.69 Å². The van der Waals surface area contributed by atoms with Crippen molar-refractivity contribution in [1.82, 2.24) is 14.6 Å². The van der Waals surface area contributed by atoms with Crippen LogP contribution in [0.15, 0.2) is 12.3 Å². The average Bonchev–Trinajstić information content (AvgIpc) is 3.22. The van der Waals surface area contributed by atoms with Gasteiger partial charge in [-0.25, -0.2) is 23.1 Å². The third-order valence-corrected chi connectivity index (χ3v) is 5.58. The molecule has 3 aromatic heterocycles. The molecular weight excluding hydrogens is 418 g/mol. The molecule has 8 nitrogen and oxygen atoms in total. The zero-order chi connectivity index (χ0) is 22.2. The van der Waals surface area contributed by atoms with Crippen molar-refractivity contribution >= 4 is 39.6 Å². The summed E-state index contributed by atoms with van der Waals surface area (Å²) in [7, 11) is 0. The van der Waals surface area contributed by atoms with Gasteiger partial charge in [0.05, 0.1) is 23.2 Å². The molecule has 0 bridgehead atoms. The first-order chi connectivity index (χ1) is 14.1. The number of nitrogens with zero attached hydrogens (tertiary/aromatic N) is 3. The van der Waals surface area contributed by atoms with Crippen LogP contribution >= 0.6 is 11.3 Å². The molecular formula is C19H18F2N4O4S. The van der Waals surface area contributed by atoms with Crippen molar-refractivity contribution in [3.8, 4) is 0 Å². The first kappa shape index (κ1) is 21.5. The molecule has 1 amide bonds. The Hall–Kier alpha value is -3.21. The van der Waals surface area contributed by atoms with Crippen LogP contribution in [0.5, 0.6) is 0 Å². The highest BCUT2D eigenvalue weighted by atomic mass is 32.1. The van der Waals surface area contributed by atoms with E-state index < -0.39 is 24.0 Å². The molecule has 0 radical (unpaired) electrons. The molecule has 3 aromatic rings. The van der Waals surface area contributed by atoms with Crippen LogP contribution in [0.1, 0.15) is 67.6 Å². The van der Waals surface area contributed by atoms with Crippen LogP contribution in [0.2, 0.25) is 0 Å². The predicted molar refractivity (Wildman–Crippen MR) is 106 cm³/mol. The Labute approximate surface area is 173 Å². The van der Waals surface area contributed by atoms with E-state index in [2.05, 4.69) is 15.4 Å². The first-order valence-electron chi connectivity index (χ1n) is 8.91. The number of carbonyl (C=O) groups excluding carboxylic acids is 3. The smallest absolute Gasteiger partial charge is 0.341 e. The molecule has 11 heteroatoms. The van der Waals surface area contributed by atoms with E-state index in [0.717, 1.165) is 22.0 Å². The van der Waals surface area contributed by atoms with Crippen LogP contribution in [-0.2, 0) is 4.74 Å². The van der Waals surface area contributed by atoms with Crippen LogP contribution in [0.4, 0.5) is 13.8 Å². The average molecular weight is 436 g/mol. The van der Waals surface area contributed by atoms with E-state index in [1.165, 1.54) is 19.9 Å². The number of aromatic nitrogens is 3. The van der Waals surface area contributed by atoms with Gasteiger partial charge in [0.15, 0.2) is 11.4 Å². The van der Waals surface area contributed by atoms with Gasteiger partial charge < -0.3 is 10.1 Å². The Morgan fingerprint density at radius 3 is 2.60 bits per heavy atom. The highest BCUT2D eigenvalue weighted by molar-refractivity contribution is 7.18. The van der Waals surface area contributed by atoms with Crippen molar-refractivity contribution in [1.29, 1.82) is 0 Å². The number of Topliss-reactive ketones (excluding diaryl/α,β-unsaturated/α-hetero) is 1. The van der Waals surface area contributed by atoms with Gasteiger partial charge in [0.25, 0.3) is 12.3 Å². The number of esters is 1. The van der Waals surface area contributed by atoms with Gasteiger partial charge in [0.1, 0.15) is 16.3 Å². The van der Waals surface area contributed by atoms with E-state index in [0.29, 0.717) is 16.1 Å². The maximum absolute atomic E-state index is 13.3. The number of nitrogens with one attached hydrogen (secondary N) is 1. The number of hydrogen-bond acceptors (Lipinski definition) is 7. The molecule has 0 aliphatic heterocycles. The number of halogens is 2. The van der Waals surface area contributed by atoms with Gasteiger partial charge in [-0.05, 0) is 39.3 Å². The fraction of sp³-hybridized carbons (Fsp3) is 0.316. The van der Waals surface area contributed by atoms with Gasteiger partial charge in [-0.15, -0.1) is 11.3 Å². The summed E-state index contributed by atoms with van der Waals surface area (Å²) in [5.74, 6) is -1.65. The van der Waals surface area contributed by atoms with Crippen molar-refractivity contribution in [3.63, 3.8) is 0 Å². The lowest BCUT2D eigenvalue weighted by Crippen LogP contribution is -2.15. The number of rotatable bonds is 6. The monoisotopic (exact) mass is 436 g/mol. The number of fused-ring (bicyclic) bond motifs is 1. The molecule has 0 aliphatic carbocycles. The second kappa shape index (κ2) is 8.27. The van der Waals surface area contributed by atoms with Gasteiger partial charge in [-0.2, -0.15) is 5.10 Å².